The summed E-state index contributed by atoms with van der Waals surface area (Å²) >= 11 is 0. The predicted molar refractivity (Wildman–Crippen MR) is 133 cm³/mol. The second kappa shape index (κ2) is 10.8. The molecule has 0 fully saturated rings. The minimum Gasteiger partial charge on any atom is -0.361 e. The molecule has 0 saturated heterocycles. The van der Waals surface area contributed by atoms with Gasteiger partial charge in [-0.25, -0.2) is 5.01 Å². The van der Waals surface area contributed by atoms with Gasteiger partial charge in [-0.1, -0.05) is 55.4 Å². The van der Waals surface area contributed by atoms with Crippen LogP contribution in [0.5, 0.6) is 0 Å². The number of nitriles is 1. The Kier molecular flexibility index (Phi) is 7.33. The quantitative estimate of drug-likeness (QED) is 0.645. The van der Waals surface area contributed by atoms with Crippen LogP contribution in [-0.4, -0.2) is 41.7 Å². The minimum absolute atomic E-state index is 0.192. The number of fused-ring (bicyclic) bond motifs is 1. The van der Waals surface area contributed by atoms with Crippen molar-refractivity contribution in [1.82, 2.24) is 21.0 Å². The number of benzene rings is 1. The molecule has 0 spiro atoms. The van der Waals surface area contributed by atoms with E-state index < -0.39 is 0 Å². The van der Waals surface area contributed by atoms with Gasteiger partial charge in [0.05, 0.1) is 18.2 Å². The Labute approximate surface area is 204 Å². The summed E-state index contributed by atoms with van der Waals surface area (Å²) < 4.78 is 5.37. The molecule has 2 aromatic rings. The fourth-order valence-electron chi connectivity index (χ4n) is 3.80. The average molecular weight is 470 g/mol. The molecular formula is C26H27N7O2. The first kappa shape index (κ1) is 23.9. The van der Waals surface area contributed by atoms with Crippen molar-refractivity contribution in [2.75, 3.05) is 13.6 Å². The lowest BCUT2D eigenvalue weighted by Crippen LogP contribution is -2.41. The number of rotatable bonds is 5. The number of carbonyl (C=O) groups is 1. The van der Waals surface area contributed by atoms with Crippen LogP contribution in [0.15, 0.2) is 74.3 Å². The smallest absolute Gasteiger partial charge is 0.190 e. The number of nitrogens with one attached hydrogen (secondary N) is 2. The Bertz CT molecular complexity index is 1310. The Hall–Kier alpha value is -4.29. The molecule has 9 nitrogen and oxygen atoms in total. The van der Waals surface area contributed by atoms with Crippen LogP contribution in [0.3, 0.4) is 0 Å². The van der Waals surface area contributed by atoms with Crippen LogP contribution in [0.2, 0.25) is 0 Å². The first-order chi connectivity index (χ1) is 17.0. The van der Waals surface area contributed by atoms with E-state index >= 15 is 0 Å². The molecule has 1 aromatic heterocycles. The standard InChI is InChI=1S/C26H27N7O2/c1-4-22-12-24(32-35-22)26-30-29-25(28-14-19-9-8-18(16-34)11-21(19)13-27)23-10-17(2)6-5-7-20(23)15-33(3)31-26/h5-12,16-17H,4,14-15H2,1-3H3,(H,28,29)(H,30,31). The Morgan fingerprint density at radius 1 is 1.37 bits per heavy atom. The summed E-state index contributed by atoms with van der Waals surface area (Å²) in [5.74, 6) is 2.03. The van der Waals surface area contributed by atoms with Crippen molar-refractivity contribution >= 4 is 18.0 Å². The summed E-state index contributed by atoms with van der Waals surface area (Å²) in [5, 5.41) is 20.2. The van der Waals surface area contributed by atoms with E-state index in [0.717, 1.165) is 35.2 Å². The van der Waals surface area contributed by atoms with Gasteiger partial charge in [0.15, 0.2) is 11.5 Å². The van der Waals surface area contributed by atoms with Crippen molar-refractivity contribution < 1.29 is 9.32 Å². The molecule has 1 unspecified atom stereocenters. The zero-order chi connectivity index (χ0) is 24.8. The Balaban J connectivity index is 1.75. The summed E-state index contributed by atoms with van der Waals surface area (Å²) in [4.78, 5) is 15.9. The number of aromatic nitrogens is 1. The highest BCUT2D eigenvalue weighted by molar-refractivity contribution is 6.04. The van der Waals surface area contributed by atoms with Crippen LogP contribution in [-0.2, 0) is 13.0 Å². The molecule has 2 aliphatic rings. The normalized spacial score (nSPS) is 19.4. The van der Waals surface area contributed by atoms with Gasteiger partial charge in [0.2, 0.25) is 0 Å². The molecule has 1 aliphatic heterocycles. The van der Waals surface area contributed by atoms with Crippen LogP contribution in [0.25, 0.3) is 0 Å². The van der Waals surface area contributed by atoms with Crippen molar-refractivity contribution in [1.29, 1.82) is 5.26 Å². The molecule has 1 aliphatic carbocycles. The van der Waals surface area contributed by atoms with Gasteiger partial charge in [0.1, 0.15) is 17.9 Å². The first-order valence-electron chi connectivity index (χ1n) is 11.4. The molecule has 2 heterocycles. The van der Waals surface area contributed by atoms with Crippen LogP contribution >= 0.6 is 0 Å². The van der Waals surface area contributed by atoms with Gasteiger partial charge in [-0.3, -0.25) is 20.6 Å². The number of hydrogen-bond acceptors (Lipinski definition) is 8. The lowest BCUT2D eigenvalue weighted by molar-refractivity contribution is 0.112. The van der Waals surface area contributed by atoms with Gasteiger partial charge in [-0.15, -0.1) is 0 Å². The first-order valence-corrected chi connectivity index (χ1v) is 11.4. The molecule has 178 valence electrons. The number of aliphatic imine (C=N–C) groups is 1. The third kappa shape index (κ3) is 5.62. The Morgan fingerprint density at radius 2 is 2.23 bits per heavy atom. The van der Waals surface area contributed by atoms with Crippen LogP contribution in [0, 0.1) is 17.2 Å². The number of nitrogens with zero attached hydrogens (tertiary/aromatic N) is 5. The van der Waals surface area contributed by atoms with Gasteiger partial charge in [0.25, 0.3) is 0 Å². The largest absolute Gasteiger partial charge is 0.361 e. The fraction of sp³-hybridized carbons (Fsp3) is 0.269. The molecule has 0 saturated carbocycles. The van der Waals surface area contributed by atoms with E-state index in [1.807, 2.05) is 31.1 Å². The van der Waals surface area contributed by atoms with Gasteiger partial charge in [-0.05, 0) is 23.1 Å². The number of carbonyl (C=O) groups excluding carboxylic acids is 1. The highest BCUT2D eigenvalue weighted by atomic mass is 16.5. The van der Waals surface area contributed by atoms with E-state index in [1.165, 1.54) is 0 Å². The SMILES string of the molecule is CCc1cc(C2=NNC(=NCc3ccc(C=O)cc3C#N)C3=CC(C)C=CC=C3CN(C)N2)no1. The number of aldehydes is 1. The van der Waals surface area contributed by atoms with Gasteiger partial charge >= 0.3 is 0 Å². The second-order valence-corrected chi connectivity index (χ2v) is 8.40. The Morgan fingerprint density at radius 3 is 2.97 bits per heavy atom. The van der Waals surface area contributed by atoms with Crippen molar-refractivity contribution in [2.45, 2.75) is 26.8 Å². The van der Waals surface area contributed by atoms with Crippen LogP contribution in [0.1, 0.15) is 46.8 Å². The third-order valence-electron chi connectivity index (χ3n) is 5.67. The number of hydrazone groups is 1. The number of allylic oxidation sites excluding steroid dienone is 4. The van der Waals surface area contributed by atoms with E-state index in [-0.39, 0.29) is 12.5 Å². The summed E-state index contributed by atoms with van der Waals surface area (Å²) in [6.45, 7) is 4.93. The highest BCUT2D eigenvalue weighted by Gasteiger charge is 2.21. The molecule has 9 heteroatoms. The summed E-state index contributed by atoms with van der Waals surface area (Å²) in [5.41, 5.74) is 10.6. The topological polar surface area (TPSA) is 119 Å². The molecule has 35 heavy (non-hydrogen) atoms. The molecule has 0 amide bonds. The van der Waals surface area contributed by atoms with Crippen molar-refractivity contribution in [2.24, 2.45) is 16.0 Å². The van der Waals surface area contributed by atoms with Crippen LogP contribution < -0.4 is 10.9 Å². The number of likely N-dealkylation sites (N-methyl/N-ethyl adjacent to an activating group) is 1. The molecule has 1 atom stereocenters. The van der Waals surface area contributed by atoms with Gasteiger partial charge in [0, 0.05) is 37.2 Å². The fourth-order valence-corrected chi connectivity index (χ4v) is 3.80. The van der Waals surface area contributed by atoms with E-state index in [1.54, 1.807) is 18.2 Å². The molecular weight excluding hydrogens is 442 g/mol. The number of amidine groups is 2. The van der Waals surface area contributed by atoms with Crippen molar-refractivity contribution in [3.05, 3.63) is 87.9 Å². The zero-order valence-electron chi connectivity index (χ0n) is 19.9. The van der Waals surface area contributed by atoms with Gasteiger partial charge in [-0.2, -0.15) is 10.4 Å². The molecule has 0 radical (unpaired) electrons. The lowest BCUT2D eigenvalue weighted by atomic mass is 10.0. The maximum absolute atomic E-state index is 11.1. The van der Waals surface area contributed by atoms with Crippen molar-refractivity contribution in [3.63, 3.8) is 0 Å². The van der Waals surface area contributed by atoms with E-state index in [4.69, 9.17) is 9.52 Å². The highest BCUT2D eigenvalue weighted by Crippen LogP contribution is 2.22. The lowest BCUT2D eigenvalue weighted by Gasteiger charge is -2.20. The summed E-state index contributed by atoms with van der Waals surface area (Å²) in [6, 6.07) is 9.03. The minimum atomic E-state index is 0.192. The maximum atomic E-state index is 11.1. The number of hydrazine groups is 1. The third-order valence-corrected chi connectivity index (χ3v) is 5.67. The summed E-state index contributed by atoms with van der Waals surface area (Å²) in [7, 11) is 1.93. The van der Waals surface area contributed by atoms with E-state index in [9.17, 15) is 10.1 Å². The number of hydrogen-bond donors (Lipinski definition) is 2. The monoisotopic (exact) mass is 469 g/mol. The molecule has 1 aromatic carbocycles. The van der Waals surface area contributed by atoms with E-state index in [0.29, 0.717) is 35.0 Å². The molecule has 2 N–H and O–H groups in total. The zero-order valence-corrected chi connectivity index (χ0v) is 19.9. The predicted octanol–water partition coefficient (Wildman–Crippen LogP) is 3.28. The molecule has 4 rings (SSSR count). The summed E-state index contributed by atoms with van der Waals surface area (Å²) in [6.07, 6.45) is 9.83. The maximum Gasteiger partial charge on any atom is 0.190 e. The second-order valence-electron chi connectivity index (χ2n) is 8.40. The van der Waals surface area contributed by atoms with Crippen molar-refractivity contribution in [3.8, 4) is 6.07 Å². The molecule has 0 bridgehead atoms. The number of aryl methyl sites for hydroxylation is 1. The average Bonchev–Trinajstić information content (AvgIpc) is 3.29. The van der Waals surface area contributed by atoms with E-state index in [2.05, 4.69) is 52.3 Å². The van der Waals surface area contributed by atoms with Gasteiger partial charge < -0.3 is 4.52 Å². The van der Waals surface area contributed by atoms with Crippen LogP contribution in [0.4, 0.5) is 0 Å².